The third-order valence-electron chi connectivity index (χ3n) is 3.37. The first kappa shape index (κ1) is 11.2. The molecule has 0 radical (unpaired) electrons. The summed E-state index contributed by atoms with van der Waals surface area (Å²) in [5, 5.41) is 8.08. The molecule has 0 saturated carbocycles. The zero-order valence-electron chi connectivity index (χ0n) is 10.3. The maximum Gasteiger partial charge on any atom is 0.152 e. The topological polar surface area (TPSA) is 60.0 Å². The Morgan fingerprint density at radius 1 is 1.17 bits per heavy atom. The smallest absolute Gasteiger partial charge is 0.152 e. The van der Waals surface area contributed by atoms with Crippen molar-refractivity contribution in [3.8, 4) is 0 Å². The maximum absolute atomic E-state index is 5.55. The predicted molar refractivity (Wildman–Crippen MR) is 70.3 cm³/mol. The van der Waals surface area contributed by atoms with Crippen LogP contribution in [-0.2, 0) is 19.5 Å². The van der Waals surface area contributed by atoms with Crippen LogP contribution in [0.25, 0.3) is 0 Å². The molecule has 0 saturated heterocycles. The minimum atomic E-state index is 0.701. The highest BCUT2D eigenvalue weighted by molar-refractivity contribution is 5.48. The minimum absolute atomic E-state index is 0.701. The van der Waals surface area contributed by atoms with E-state index in [0.717, 1.165) is 31.9 Å². The number of fused-ring (bicyclic) bond motifs is 1. The van der Waals surface area contributed by atoms with Crippen LogP contribution in [0.2, 0.25) is 0 Å². The molecule has 2 N–H and O–H groups in total. The van der Waals surface area contributed by atoms with Gasteiger partial charge in [-0.3, -0.25) is 0 Å². The van der Waals surface area contributed by atoms with E-state index in [1.165, 1.54) is 11.3 Å². The quantitative estimate of drug-likeness (QED) is 0.866. The SMILES string of the molecule is NCCc1ccc(N2CCn3cnnc3C2)cc1. The van der Waals surface area contributed by atoms with Gasteiger partial charge in [-0.2, -0.15) is 0 Å². The van der Waals surface area contributed by atoms with Gasteiger partial charge in [-0.1, -0.05) is 12.1 Å². The van der Waals surface area contributed by atoms with E-state index in [4.69, 9.17) is 5.73 Å². The van der Waals surface area contributed by atoms with E-state index in [0.29, 0.717) is 6.54 Å². The highest BCUT2D eigenvalue weighted by atomic mass is 15.3. The zero-order valence-corrected chi connectivity index (χ0v) is 10.3. The van der Waals surface area contributed by atoms with Crippen molar-refractivity contribution in [1.29, 1.82) is 0 Å². The number of hydrogen-bond acceptors (Lipinski definition) is 4. The van der Waals surface area contributed by atoms with Crippen molar-refractivity contribution in [2.45, 2.75) is 19.5 Å². The van der Waals surface area contributed by atoms with E-state index in [9.17, 15) is 0 Å². The van der Waals surface area contributed by atoms with Crippen molar-refractivity contribution in [1.82, 2.24) is 14.8 Å². The lowest BCUT2D eigenvalue weighted by Gasteiger charge is -2.29. The van der Waals surface area contributed by atoms with Gasteiger partial charge in [-0.05, 0) is 30.7 Å². The number of hydrogen-bond donors (Lipinski definition) is 1. The van der Waals surface area contributed by atoms with Gasteiger partial charge in [0.05, 0.1) is 6.54 Å². The molecular weight excluding hydrogens is 226 g/mol. The first-order valence-corrected chi connectivity index (χ1v) is 6.27. The molecule has 0 aliphatic carbocycles. The average Bonchev–Trinajstić information content (AvgIpc) is 2.87. The van der Waals surface area contributed by atoms with Crippen LogP contribution < -0.4 is 10.6 Å². The summed E-state index contributed by atoms with van der Waals surface area (Å²) in [5.74, 6) is 1.03. The molecule has 2 aromatic rings. The van der Waals surface area contributed by atoms with E-state index >= 15 is 0 Å². The number of nitrogens with two attached hydrogens (primary N) is 1. The number of anilines is 1. The Kier molecular flexibility index (Phi) is 2.98. The van der Waals surface area contributed by atoms with Gasteiger partial charge in [0.15, 0.2) is 5.82 Å². The van der Waals surface area contributed by atoms with Gasteiger partial charge in [0.2, 0.25) is 0 Å². The van der Waals surface area contributed by atoms with Crippen LogP contribution in [0.5, 0.6) is 0 Å². The lowest BCUT2D eigenvalue weighted by molar-refractivity contribution is 0.560. The molecule has 1 aromatic heterocycles. The van der Waals surface area contributed by atoms with Crippen molar-refractivity contribution in [2.24, 2.45) is 5.73 Å². The van der Waals surface area contributed by atoms with Crippen molar-refractivity contribution in [2.75, 3.05) is 18.0 Å². The second kappa shape index (κ2) is 4.78. The monoisotopic (exact) mass is 243 g/mol. The molecule has 0 unspecified atom stereocenters. The molecule has 1 aliphatic heterocycles. The molecule has 3 rings (SSSR count). The molecule has 94 valence electrons. The summed E-state index contributed by atoms with van der Waals surface area (Å²) in [6.45, 7) is 3.48. The standard InChI is InChI=1S/C13H17N5/c14-6-5-11-1-3-12(4-2-11)17-7-8-18-10-15-16-13(18)9-17/h1-4,10H,5-9,14H2. The van der Waals surface area contributed by atoms with E-state index < -0.39 is 0 Å². The lowest BCUT2D eigenvalue weighted by atomic mass is 10.1. The Bertz CT molecular complexity index is 516. The lowest BCUT2D eigenvalue weighted by Crippen LogP contribution is -2.33. The summed E-state index contributed by atoms with van der Waals surface area (Å²) in [6, 6.07) is 8.64. The van der Waals surface area contributed by atoms with Gasteiger partial charge in [0.1, 0.15) is 6.33 Å². The van der Waals surface area contributed by atoms with Crippen molar-refractivity contribution < 1.29 is 0 Å². The molecule has 0 spiro atoms. The van der Waals surface area contributed by atoms with Gasteiger partial charge in [-0.25, -0.2) is 0 Å². The minimum Gasteiger partial charge on any atom is -0.362 e. The fourth-order valence-corrected chi connectivity index (χ4v) is 2.33. The third kappa shape index (κ3) is 2.09. The van der Waals surface area contributed by atoms with E-state index in [1.807, 2.05) is 0 Å². The van der Waals surface area contributed by atoms with Gasteiger partial charge >= 0.3 is 0 Å². The van der Waals surface area contributed by atoms with Crippen LogP contribution in [-0.4, -0.2) is 27.9 Å². The Labute approximate surface area is 106 Å². The first-order chi connectivity index (χ1) is 8.86. The number of rotatable bonds is 3. The molecule has 1 aromatic carbocycles. The molecule has 5 heteroatoms. The summed E-state index contributed by atoms with van der Waals surface area (Å²) in [5.41, 5.74) is 8.09. The number of nitrogens with zero attached hydrogens (tertiary/aromatic N) is 4. The van der Waals surface area contributed by atoms with Crippen molar-refractivity contribution in [3.63, 3.8) is 0 Å². The number of aromatic nitrogens is 3. The summed E-state index contributed by atoms with van der Waals surface area (Å²) >= 11 is 0. The maximum atomic E-state index is 5.55. The molecule has 0 bridgehead atoms. The Morgan fingerprint density at radius 3 is 2.78 bits per heavy atom. The van der Waals surface area contributed by atoms with Crippen LogP contribution in [0, 0.1) is 0 Å². The summed E-state index contributed by atoms with van der Waals surface area (Å²) in [4.78, 5) is 2.33. The summed E-state index contributed by atoms with van der Waals surface area (Å²) in [7, 11) is 0. The van der Waals surface area contributed by atoms with Crippen LogP contribution in [0.4, 0.5) is 5.69 Å². The zero-order chi connectivity index (χ0) is 12.4. The second-order valence-corrected chi connectivity index (χ2v) is 4.57. The first-order valence-electron chi connectivity index (χ1n) is 6.27. The van der Waals surface area contributed by atoms with Crippen LogP contribution in [0.3, 0.4) is 0 Å². The van der Waals surface area contributed by atoms with Crippen LogP contribution in [0.15, 0.2) is 30.6 Å². The molecule has 2 heterocycles. The molecule has 5 nitrogen and oxygen atoms in total. The second-order valence-electron chi connectivity index (χ2n) is 4.57. The number of benzene rings is 1. The fourth-order valence-electron chi connectivity index (χ4n) is 2.33. The van der Waals surface area contributed by atoms with Crippen molar-refractivity contribution in [3.05, 3.63) is 42.0 Å². The molecular formula is C13H17N5. The summed E-state index contributed by atoms with van der Waals surface area (Å²) in [6.07, 6.45) is 2.74. The van der Waals surface area contributed by atoms with E-state index in [2.05, 4.69) is 43.9 Å². The van der Waals surface area contributed by atoms with Crippen LogP contribution in [0.1, 0.15) is 11.4 Å². The molecule has 1 aliphatic rings. The van der Waals surface area contributed by atoms with Crippen LogP contribution >= 0.6 is 0 Å². The van der Waals surface area contributed by atoms with Crippen molar-refractivity contribution >= 4 is 5.69 Å². The normalized spacial score (nSPS) is 14.6. The van der Waals surface area contributed by atoms with Gasteiger partial charge in [0.25, 0.3) is 0 Å². The predicted octanol–water partition coefficient (Wildman–Crippen LogP) is 0.799. The molecule has 0 amide bonds. The fraction of sp³-hybridized carbons (Fsp3) is 0.385. The molecule has 0 fully saturated rings. The largest absolute Gasteiger partial charge is 0.362 e. The Hall–Kier alpha value is -1.88. The highest BCUT2D eigenvalue weighted by Gasteiger charge is 2.17. The summed E-state index contributed by atoms with van der Waals surface area (Å²) < 4.78 is 2.11. The average molecular weight is 243 g/mol. The third-order valence-corrected chi connectivity index (χ3v) is 3.37. The Morgan fingerprint density at radius 2 is 2.00 bits per heavy atom. The van der Waals surface area contributed by atoms with Gasteiger partial charge in [-0.15, -0.1) is 10.2 Å². The Balaban J connectivity index is 1.76. The molecule has 18 heavy (non-hydrogen) atoms. The van der Waals surface area contributed by atoms with E-state index in [-0.39, 0.29) is 0 Å². The van der Waals surface area contributed by atoms with Gasteiger partial charge < -0.3 is 15.2 Å². The molecule has 0 atom stereocenters. The van der Waals surface area contributed by atoms with Gasteiger partial charge in [0, 0.05) is 18.8 Å². The highest BCUT2D eigenvalue weighted by Crippen LogP contribution is 2.20. The van der Waals surface area contributed by atoms with E-state index in [1.54, 1.807) is 6.33 Å².